The Morgan fingerprint density at radius 3 is 2.50 bits per heavy atom. The molecule has 26 heavy (non-hydrogen) atoms. The summed E-state index contributed by atoms with van der Waals surface area (Å²) in [6, 6.07) is -0.839. The van der Waals surface area contributed by atoms with Gasteiger partial charge in [0.2, 0.25) is 17.7 Å². The highest BCUT2D eigenvalue weighted by Crippen LogP contribution is 2.35. The van der Waals surface area contributed by atoms with Gasteiger partial charge in [-0.2, -0.15) is 0 Å². The van der Waals surface area contributed by atoms with E-state index < -0.39 is 17.5 Å². The van der Waals surface area contributed by atoms with Gasteiger partial charge >= 0.3 is 0 Å². The SMILES string of the molecule is CC(CCC(=O)N1CCC2C1C(=O)CN2C(=O)C1(N)CCCC1)C(N)=O. The minimum Gasteiger partial charge on any atom is -0.369 e. The molecule has 2 saturated heterocycles. The third-order valence-corrected chi connectivity index (χ3v) is 6.20. The molecule has 3 unspecified atom stereocenters. The number of carbonyl (C=O) groups is 4. The molecular formula is C18H28N4O4. The van der Waals surface area contributed by atoms with E-state index in [1.807, 2.05) is 0 Å². The molecule has 8 nitrogen and oxygen atoms in total. The van der Waals surface area contributed by atoms with E-state index in [2.05, 4.69) is 0 Å². The van der Waals surface area contributed by atoms with E-state index in [4.69, 9.17) is 11.5 Å². The monoisotopic (exact) mass is 364 g/mol. The molecule has 0 aromatic carbocycles. The van der Waals surface area contributed by atoms with E-state index in [0.29, 0.717) is 32.2 Å². The Morgan fingerprint density at radius 2 is 1.88 bits per heavy atom. The number of rotatable bonds is 5. The number of ketones is 1. The van der Waals surface area contributed by atoms with Crippen molar-refractivity contribution in [1.82, 2.24) is 9.80 Å². The summed E-state index contributed by atoms with van der Waals surface area (Å²) in [5, 5.41) is 0. The molecule has 1 saturated carbocycles. The highest BCUT2D eigenvalue weighted by molar-refractivity contribution is 5.99. The molecule has 1 aliphatic carbocycles. The van der Waals surface area contributed by atoms with Crippen LogP contribution >= 0.6 is 0 Å². The topological polar surface area (TPSA) is 127 Å². The normalized spacial score (nSPS) is 28.3. The van der Waals surface area contributed by atoms with Crippen molar-refractivity contribution < 1.29 is 19.2 Å². The summed E-state index contributed by atoms with van der Waals surface area (Å²) in [7, 11) is 0. The second-order valence-electron chi connectivity index (χ2n) is 7.99. The molecule has 3 aliphatic rings. The summed E-state index contributed by atoms with van der Waals surface area (Å²) < 4.78 is 0. The van der Waals surface area contributed by atoms with Crippen LogP contribution < -0.4 is 11.5 Å². The fourth-order valence-electron chi connectivity index (χ4n) is 4.50. The Balaban J connectivity index is 1.66. The third-order valence-electron chi connectivity index (χ3n) is 6.20. The van der Waals surface area contributed by atoms with Crippen LogP contribution in [0.1, 0.15) is 51.9 Å². The van der Waals surface area contributed by atoms with Crippen LogP contribution in [0.3, 0.4) is 0 Å². The molecule has 3 rings (SSSR count). The Hall–Kier alpha value is -1.96. The molecule has 3 atom stereocenters. The maximum Gasteiger partial charge on any atom is 0.243 e. The second-order valence-corrected chi connectivity index (χ2v) is 7.99. The molecule has 2 heterocycles. The first-order valence-corrected chi connectivity index (χ1v) is 9.46. The number of nitrogens with two attached hydrogens (primary N) is 2. The first-order valence-electron chi connectivity index (χ1n) is 9.46. The summed E-state index contributed by atoms with van der Waals surface area (Å²) in [6.45, 7) is 2.17. The summed E-state index contributed by atoms with van der Waals surface area (Å²) in [6.07, 6.45) is 4.31. The van der Waals surface area contributed by atoms with Crippen molar-refractivity contribution in [2.45, 2.75) is 69.5 Å². The standard InChI is InChI=1S/C18H28N4O4/c1-11(16(19)25)4-5-14(24)21-9-6-12-15(21)13(23)10-22(12)17(26)18(20)7-2-3-8-18/h11-12,15H,2-10,20H2,1H3,(H2,19,25). The van der Waals surface area contributed by atoms with E-state index in [0.717, 1.165) is 12.8 Å². The Bertz CT molecular complexity index is 629. The predicted octanol–water partition coefficient (Wildman–Crippen LogP) is -0.460. The van der Waals surface area contributed by atoms with E-state index in [-0.39, 0.29) is 42.5 Å². The molecule has 0 radical (unpaired) electrons. The second kappa shape index (κ2) is 6.98. The number of fused-ring (bicyclic) bond motifs is 1. The van der Waals surface area contributed by atoms with Crippen molar-refractivity contribution in [2.24, 2.45) is 17.4 Å². The van der Waals surface area contributed by atoms with Crippen molar-refractivity contribution in [1.29, 1.82) is 0 Å². The number of nitrogens with zero attached hydrogens (tertiary/aromatic N) is 2. The van der Waals surface area contributed by atoms with Crippen LogP contribution in [0.5, 0.6) is 0 Å². The van der Waals surface area contributed by atoms with Gasteiger partial charge in [-0.3, -0.25) is 19.2 Å². The maximum atomic E-state index is 12.9. The van der Waals surface area contributed by atoms with Crippen molar-refractivity contribution in [2.75, 3.05) is 13.1 Å². The van der Waals surface area contributed by atoms with Gasteiger partial charge in [-0.1, -0.05) is 19.8 Å². The Kier molecular flexibility index (Phi) is 5.05. The van der Waals surface area contributed by atoms with Crippen molar-refractivity contribution >= 4 is 23.5 Å². The van der Waals surface area contributed by atoms with Gasteiger partial charge in [0.15, 0.2) is 5.78 Å². The van der Waals surface area contributed by atoms with Crippen LogP contribution in [0.2, 0.25) is 0 Å². The molecule has 0 aromatic heterocycles. The lowest BCUT2D eigenvalue weighted by atomic mass is 9.96. The maximum absolute atomic E-state index is 12.9. The fraction of sp³-hybridized carbons (Fsp3) is 0.778. The van der Waals surface area contributed by atoms with Crippen LogP contribution in [-0.2, 0) is 19.2 Å². The molecule has 144 valence electrons. The highest BCUT2D eigenvalue weighted by Gasteiger charge is 2.54. The molecule has 3 fully saturated rings. The lowest BCUT2D eigenvalue weighted by molar-refractivity contribution is -0.138. The average molecular weight is 364 g/mol. The zero-order valence-electron chi connectivity index (χ0n) is 15.3. The number of Topliss-reactive ketones (excluding diaryl/α,β-unsaturated/α-hetero) is 1. The molecule has 0 bridgehead atoms. The van der Waals surface area contributed by atoms with Crippen LogP contribution in [0.25, 0.3) is 0 Å². The van der Waals surface area contributed by atoms with Gasteiger partial charge < -0.3 is 21.3 Å². The Morgan fingerprint density at radius 1 is 1.23 bits per heavy atom. The molecule has 8 heteroatoms. The third kappa shape index (κ3) is 3.22. The van der Waals surface area contributed by atoms with E-state index in [1.54, 1.807) is 16.7 Å². The highest BCUT2D eigenvalue weighted by atomic mass is 16.2. The number of likely N-dealkylation sites (tertiary alicyclic amines) is 2. The van der Waals surface area contributed by atoms with Gasteiger partial charge in [0.1, 0.15) is 6.04 Å². The molecule has 4 N–H and O–H groups in total. The molecule has 0 spiro atoms. The van der Waals surface area contributed by atoms with Crippen LogP contribution in [0.15, 0.2) is 0 Å². The molecule has 0 aromatic rings. The lowest BCUT2D eigenvalue weighted by Gasteiger charge is -2.31. The van der Waals surface area contributed by atoms with Gasteiger partial charge in [-0.05, 0) is 25.7 Å². The van der Waals surface area contributed by atoms with E-state index >= 15 is 0 Å². The number of amides is 3. The van der Waals surface area contributed by atoms with Gasteiger partial charge in [-0.25, -0.2) is 0 Å². The molecule has 3 amide bonds. The predicted molar refractivity (Wildman–Crippen MR) is 93.6 cm³/mol. The smallest absolute Gasteiger partial charge is 0.243 e. The minimum atomic E-state index is -0.858. The number of hydrogen-bond acceptors (Lipinski definition) is 5. The average Bonchev–Trinajstić information content (AvgIpc) is 3.29. The minimum absolute atomic E-state index is 0.0363. The summed E-state index contributed by atoms with van der Waals surface area (Å²) in [4.78, 5) is 52.3. The Labute approximate surface area is 153 Å². The summed E-state index contributed by atoms with van der Waals surface area (Å²) in [5.74, 6) is -1.22. The lowest BCUT2D eigenvalue weighted by Crippen LogP contribution is -2.55. The fourth-order valence-corrected chi connectivity index (χ4v) is 4.50. The molecule has 2 aliphatic heterocycles. The van der Waals surface area contributed by atoms with Crippen LogP contribution in [0.4, 0.5) is 0 Å². The van der Waals surface area contributed by atoms with Gasteiger partial charge in [0, 0.05) is 18.9 Å². The number of carbonyl (C=O) groups excluding carboxylic acids is 4. The van der Waals surface area contributed by atoms with Crippen molar-refractivity contribution in [3.63, 3.8) is 0 Å². The van der Waals surface area contributed by atoms with E-state index in [1.165, 1.54) is 0 Å². The zero-order chi connectivity index (χ0) is 19.1. The van der Waals surface area contributed by atoms with Crippen LogP contribution in [0, 0.1) is 5.92 Å². The van der Waals surface area contributed by atoms with Crippen molar-refractivity contribution in [3.8, 4) is 0 Å². The largest absolute Gasteiger partial charge is 0.369 e. The number of hydrogen-bond donors (Lipinski definition) is 2. The van der Waals surface area contributed by atoms with Gasteiger partial charge in [-0.15, -0.1) is 0 Å². The first-order chi connectivity index (χ1) is 12.2. The van der Waals surface area contributed by atoms with Gasteiger partial charge in [0.25, 0.3) is 0 Å². The van der Waals surface area contributed by atoms with Crippen molar-refractivity contribution in [3.05, 3.63) is 0 Å². The van der Waals surface area contributed by atoms with E-state index in [9.17, 15) is 19.2 Å². The first kappa shape index (κ1) is 18.8. The molecular weight excluding hydrogens is 336 g/mol. The zero-order valence-corrected chi connectivity index (χ0v) is 15.3. The summed E-state index contributed by atoms with van der Waals surface area (Å²) >= 11 is 0. The number of primary amides is 1. The summed E-state index contributed by atoms with van der Waals surface area (Å²) in [5.41, 5.74) is 10.7. The van der Waals surface area contributed by atoms with Gasteiger partial charge in [0.05, 0.1) is 18.1 Å². The quantitative estimate of drug-likeness (QED) is 0.682. The van der Waals surface area contributed by atoms with Crippen LogP contribution in [-0.4, -0.2) is 64.0 Å².